The van der Waals surface area contributed by atoms with Crippen LogP contribution < -0.4 is 5.73 Å². The average Bonchev–Trinajstić information content (AvgIpc) is 3.21. The van der Waals surface area contributed by atoms with Crippen LogP contribution in [0.3, 0.4) is 0 Å². The van der Waals surface area contributed by atoms with E-state index in [0.717, 1.165) is 12.8 Å². The van der Waals surface area contributed by atoms with E-state index in [2.05, 4.69) is 0 Å². The Labute approximate surface area is 124 Å². The Morgan fingerprint density at radius 2 is 1.90 bits per heavy atom. The molecule has 21 heavy (non-hydrogen) atoms. The number of urea groups is 1. The highest BCUT2D eigenvalue weighted by atomic mass is 16.4. The van der Waals surface area contributed by atoms with E-state index in [-0.39, 0.29) is 31.1 Å². The smallest absolute Gasteiger partial charge is 0.323 e. The number of nitrogens with zero attached hydrogens (tertiary/aromatic N) is 2. The van der Waals surface area contributed by atoms with Crippen LogP contribution in [0.25, 0.3) is 0 Å². The summed E-state index contributed by atoms with van der Waals surface area (Å²) in [5.41, 5.74) is 5.34. The predicted octanol–water partition coefficient (Wildman–Crippen LogP) is 0.489. The molecule has 7 heteroatoms. The maximum absolute atomic E-state index is 12.6. The highest BCUT2D eigenvalue weighted by Crippen LogP contribution is 2.31. The van der Waals surface area contributed by atoms with Crippen molar-refractivity contribution in [2.24, 2.45) is 17.6 Å². The molecule has 1 heterocycles. The fraction of sp³-hybridized carbons (Fsp3) is 0.786. The molecule has 0 aromatic heterocycles. The number of piperidine rings is 1. The van der Waals surface area contributed by atoms with Crippen LogP contribution in [0.15, 0.2) is 0 Å². The van der Waals surface area contributed by atoms with Crippen molar-refractivity contribution in [1.82, 2.24) is 9.80 Å². The van der Waals surface area contributed by atoms with Crippen LogP contribution >= 0.6 is 0 Å². The minimum atomic E-state index is -1.01. The molecular formula is C14H23N3O4. The van der Waals surface area contributed by atoms with Crippen LogP contribution in [0.2, 0.25) is 0 Å². The van der Waals surface area contributed by atoms with Crippen LogP contribution in [0, 0.1) is 11.8 Å². The number of primary amides is 1. The maximum Gasteiger partial charge on any atom is 0.323 e. The van der Waals surface area contributed by atoms with Crippen molar-refractivity contribution in [2.45, 2.75) is 38.6 Å². The molecule has 1 saturated carbocycles. The number of carbonyl (C=O) groups excluding carboxylic acids is 2. The summed E-state index contributed by atoms with van der Waals surface area (Å²) in [6.45, 7) is 2.40. The Balaban J connectivity index is 2.05. The summed E-state index contributed by atoms with van der Waals surface area (Å²) in [4.78, 5) is 37.9. The van der Waals surface area contributed by atoms with Crippen molar-refractivity contribution in [1.29, 1.82) is 0 Å². The fourth-order valence-corrected chi connectivity index (χ4v) is 2.77. The fourth-order valence-electron chi connectivity index (χ4n) is 2.77. The summed E-state index contributed by atoms with van der Waals surface area (Å²) in [6, 6.07) is -0.286. The van der Waals surface area contributed by atoms with Gasteiger partial charge in [0.15, 0.2) is 0 Å². The monoisotopic (exact) mass is 297 g/mol. The first-order valence-electron chi connectivity index (χ1n) is 7.45. The van der Waals surface area contributed by atoms with E-state index in [9.17, 15) is 14.4 Å². The lowest BCUT2D eigenvalue weighted by Crippen LogP contribution is -2.54. The molecule has 1 saturated heterocycles. The molecule has 2 unspecified atom stereocenters. The van der Waals surface area contributed by atoms with Crippen molar-refractivity contribution < 1.29 is 19.5 Å². The maximum atomic E-state index is 12.6. The summed E-state index contributed by atoms with van der Waals surface area (Å²) in [5, 5.41) is 8.98. The first-order chi connectivity index (χ1) is 9.88. The van der Waals surface area contributed by atoms with Gasteiger partial charge in [-0.15, -0.1) is 0 Å². The molecule has 0 aromatic carbocycles. The number of hydrogen-bond donors (Lipinski definition) is 2. The number of aliphatic carboxylic acids is 1. The molecule has 0 spiro atoms. The van der Waals surface area contributed by atoms with Crippen LogP contribution in [-0.2, 0) is 9.59 Å². The summed E-state index contributed by atoms with van der Waals surface area (Å²) < 4.78 is 0. The molecule has 7 nitrogen and oxygen atoms in total. The Kier molecular flexibility index (Phi) is 4.69. The second-order valence-corrected chi connectivity index (χ2v) is 6.18. The summed E-state index contributed by atoms with van der Waals surface area (Å²) in [5.74, 6) is -1.33. The third-order valence-corrected chi connectivity index (χ3v) is 4.30. The van der Waals surface area contributed by atoms with Gasteiger partial charge in [0.05, 0.1) is 5.92 Å². The minimum absolute atomic E-state index is 0.00333. The summed E-state index contributed by atoms with van der Waals surface area (Å²) in [7, 11) is 0. The van der Waals surface area contributed by atoms with Crippen molar-refractivity contribution in [3.63, 3.8) is 0 Å². The molecule has 0 bridgehead atoms. The zero-order chi connectivity index (χ0) is 15.6. The molecule has 1 aliphatic carbocycles. The Morgan fingerprint density at radius 3 is 2.43 bits per heavy atom. The third-order valence-electron chi connectivity index (χ3n) is 4.30. The molecule has 3 amide bonds. The molecule has 2 rings (SSSR count). The molecule has 2 aliphatic rings. The second kappa shape index (κ2) is 6.32. The molecule has 0 aromatic rings. The van der Waals surface area contributed by atoms with E-state index < -0.39 is 11.9 Å². The molecular weight excluding hydrogens is 274 g/mol. The topological polar surface area (TPSA) is 104 Å². The third kappa shape index (κ3) is 4.09. The summed E-state index contributed by atoms with van der Waals surface area (Å²) >= 11 is 0. The van der Waals surface area contributed by atoms with Crippen LogP contribution in [0.4, 0.5) is 4.79 Å². The van der Waals surface area contributed by atoms with Crippen molar-refractivity contribution in [3.05, 3.63) is 0 Å². The zero-order valence-corrected chi connectivity index (χ0v) is 12.3. The first-order valence-corrected chi connectivity index (χ1v) is 7.45. The van der Waals surface area contributed by atoms with E-state index in [1.807, 2.05) is 6.92 Å². The SMILES string of the molecule is CC1CCC(C(N)=O)CN1C(=O)N(CC(=O)O)CC1CC1. The second-order valence-electron chi connectivity index (χ2n) is 6.18. The van der Waals surface area contributed by atoms with E-state index in [1.54, 1.807) is 4.90 Å². The number of likely N-dealkylation sites (tertiary alicyclic amines) is 1. The molecule has 2 fully saturated rings. The minimum Gasteiger partial charge on any atom is -0.480 e. The lowest BCUT2D eigenvalue weighted by Gasteiger charge is -2.39. The van der Waals surface area contributed by atoms with Gasteiger partial charge in [-0.1, -0.05) is 0 Å². The van der Waals surface area contributed by atoms with Gasteiger partial charge in [-0.05, 0) is 38.5 Å². The largest absolute Gasteiger partial charge is 0.480 e. The number of nitrogens with two attached hydrogens (primary N) is 1. The molecule has 2 atom stereocenters. The van der Waals surface area contributed by atoms with Crippen molar-refractivity contribution in [3.8, 4) is 0 Å². The Bertz CT molecular complexity index is 436. The number of carboxylic acids is 1. The highest BCUT2D eigenvalue weighted by Gasteiger charge is 2.36. The molecule has 3 N–H and O–H groups in total. The van der Waals surface area contributed by atoms with Gasteiger partial charge in [0.25, 0.3) is 0 Å². The molecule has 1 aliphatic heterocycles. The van der Waals surface area contributed by atoms with Crippen LogP contribution in [0.5, 0.6) is 0 Å². The number of hydrogen-bond acceptors (Lipinski definition) is 3. The lowest BCUT2D eigenvalue weighted by atomic mass is 9.93. The number of carboxylic acid groups (broad SMARTS) is 1. The number of carbonyl (C=O) groups is 3. The van der Waals surface area contributed by atoms with Gasteiger partial charge in [0.2, 0.25) is 5.91 Å². The van der Waals surface area contributed by atoms with E-state index in [0.29, 0.717) is 25.3 Å². The van der Waals surface area contributed by atoms with Crippen LogP contribution in [-0.4, -0.2) is 58.5 Å². The van der Waals surface area contributed by atoms with Crippen LogP contribution in [0.1, 0.15) is 32.6 Å². The predicted molar refractivity (Wildman–Crippen MR) is 75.4 cm³/mol. The average molecular weight is 297 g/mol. The summed E-state index contributed by atoms with van der Waals surface area (Å²) in [6.07, 6.45) is 3.48. The lowest BCUT2D eigenvalue weighted by molar-refractivity contribution is -0.138. The van der Waals surface area contributed by atoms with E-state index >= 15 is 0 Å². The Hall–Kier alpha value is -1.79. The van der Waals surface area contributed by atoms with E-state index in [4.69, 9.17) is 10.8 Å². The van der Waals surface area contributed by atoms with Gasteiger partial charge >= 0.3 is 12.0 Å². The van der Waals surface area contributed by atoms with Crippen molar-refractivity contribution >= 4 is 17.9 Å². The standard InChI is InChI=1S/C14H23N3O4/c1-9-2-5-11(13(15)20)7-17(9)14(21)16(8-12(18)19)6-10-3-4-10/h9-11H,2-8H2,1H3,(H2,15,20)(H,18,19). The highest BCUT2D eigenvalue weighted by molar-refractivity contribution is 5.82. The number of rotatable bonds is 5. The van der Waals surface area contributed by atoms with Gasteiger partial charge in [-0.2, -0.15) is 0 Å². The Morgan fingerprint density at radius 1 is 1.24 bits per heavy atom. The molecule has 0 radical (unpaired) electrons. The van der Waals surface area contributed by atoms with Gasteiger partial charge in [-0.3, -0.25) is 9.59 Å². The number of amides is 3. The normalized spacial score (nSPS) is 25.5. The first kappa shape index (κ1) is 15.6. The zero-order valence-electron chi connectivity index (χ0n) is 12.3. The van der Waals surface area contributed by atoms with E-state index in [1.165, 1.54) is 4.90 Å². The van der Waals surface area contributed by atoms with Gasteiger partial charge in [0, 0.05) is 19.1 Å². The van der Waals surface area contributed by atoms with Gasteiger partial charge in [0.1, 0.15) is 6.54 Å². The quantitative estimate of drug-likeness (QED) is 0.770. The molecule has 118 valence electrons. The van der Waals surface area contributed by atoms with Gasteiger partial charge < -0.3 is 20.6 Å². The van der Waals surface area contributed by atoms with Crippen molar-refractivity contribution in [2.75, 3.05) is 19.6 Å². The van der Waals surface area contributed by atoms with Gasteiger partial charge in [-0.25, -0.2) is 4.79 Å².